The predicted molar refractivity (Wildman–Crippen MR) is 108 cm³/mol. The summed E-state index contributed by atoms with van der Waals surface area (Å²) in [6, 6.07) is 13.1. The molecule has 0 bridgehead atoms. The summed E-state index contributed by atoms with van der Waals surface area (Å²) < 4.78 is 39.9. The van der Waals surface area contributed by atoms with Crippen LogP contribution >= 0.6 is 0 Å². The van der Waals surface area contributed by atoms with Crippen molar-refractivity contribution in [3.8, 4) is 0 Å². The molecule has 0 radical (unpaired) electrons. The number of carbonyl (C=O) groups excluding carboxylic acids is 1. The van der Waals surface area contributed by atoms with Crippen LogP contribution in [0.3, 0.4) is 0 Å². The van der Waals surface area contributed by atoms with Crippen molar-refractivity contribution in [3.05, 3.63) is 65.5 Å². The molecule has 0 spiro atoms. The van der Waals surface area contributed by atoms with Gasteiger partial charge in [-0.2, -0.15) is 4.31 Å². The molecule has 2 aromatic rings. The van der Waals surface area contributed by atoms with E-state index in [0.29, 0.717) is 25.9 Å². The second-order valence-electron chi connectivity index (χ2n) is 7.78. The van der Waals surface area contributed by atoms with E-state index >= 15 is 0 Å². The lowest BCUT2D eigenvalue weighted by Crippen LogP contribution is -2.44. The van der Waals surface area contributed by atoms with Crippen molar-refractivity contribution < 1.29 is 17.6 Å². The number of fused-ring (bicyclic) bond motifs is 1. The maximum Gasteiger partial charge on any atom is 0.243 e. The number of carbonyl (C=O) groups is 1. The molecule has 1 saturated heterocycles. The molecule has 2 aromatic carbocycles. The number of halogens is 1. The number of aryl methyl sites for hydroxylation is 1. The van der Waals surface area contributed by atoms with Gasteiger partial charge in [-0.05, 0) is 67.5 Å². The van der Waals surface area contributed by atoms with Crippen LogP contribution in [-0.4, -0.2) is 31.7 Å². The van der Waals surface area contributed by atoms with E-state index in [1.807, 2.05) is 12.1 Å². The minimum Gasteiger partial charge on any atom is -0.349 e. The van der Waals surface area contributed by atoms with Crippen LogP contribution in [0, 0.1) is 11.7 Å². The molecular formula is C22H25FN2O3S. The van der Waals surface area contributed by atoms with Gasteiger partial charge in [-0.3, -0.25) is 4.79 Å². The van der Waals surface area contributed by atoms with Crippen LogP contribution < -0.4 is 5.32 Å². The molecule has 154 valence electrons. The van der Waals surface area contributed by atoms with E-state index in [-0.39, 0.29) is 22.8 Å². The molecule has 5 nitrogen and oxygen atoms in total. The molecule has 1 fully saturated rings. The highest BCUT2D eigenvalue weighted by atomic mass is 32.2. The van der Waals surface area contributed by atoms with Crippen LogP contribution in [0.1, 0.15) is 42.9 Å². The highest BCUT2D eigenvalue weighted by Crippen LogP contribution is 2.31. The van der Waals surface area contributed by atoms with E-state index in [0.717, 1.165) is 31.4 Å². The Morgan fingerprint density at radius 3 is 2.41 bits per heavy atom. The highest BCUT2D eigenvalue weighted by molar-refractivity contribution is 7.89. The molecule has 1 atom stereocenters. The molecule has 7 heteroatoms. The standard InChI is InChI=1S/C22H25FN2O3S/c23-18-8-10-19(11-9-18)29(27,28)25-14-12-17(13-15-25)22(26)24-21-7-3-5-16-4-1-2-6-20(16)21/h1-2,4,6,8-11,17,21H,3,5,7,12-15H2,(H,24,26)/t21-/m1/s1. The Bertz CT molecular complexity index is 983. The average Bonchev–Trinajstić information content (AvgIpc) is 2.74. The first-order chi connectivity index (χ1) is 13.9. The summed E-state index contributed by atoms with van der Waals surface area (Å²) in [6.45, 7) is 0.581. The Morgan fingerprint density at radius 2 is 1.69 bits per heavy atom. The van der Waals surface area contributed by atoms with Crippen molar-refractivity contribution in [2.75, 3.05) is 13.1 Å². The van der Waals surface area contributed by atoms with E-state index in [2.05, 4.69) is 17.4 Å². The van der Waals surface area contributed by atoms with Gasteiger partial charge in [-0.25, -0.2) is 12.8 Å². The van der Waals surface area contributed by atoms with Crippen LogP contribution in [0.25, 0.3) is 0 Å². The minimum atomic E-state index is -3.66. The lowest BCUT2D eigenvalue weighted by Gasteiger charge is -2.32. The van der Waals surface area contributed by atoms with Gasteiger partial charge in [-0.15, -0.1) is 0 Å². The van der Waals surface area contributed by atoms with Crippen molar-refractivity contribution in [2.45, 2.75) is 43.0 Å². The molecule has 1 N–H and O–H groups in total. The van der Waals surface area contributed by atoms with Gasteiger partial charge in [-0.1, -0.05) is 24.3 Å². The van der Waals surface area contributed by atoms with Gasteiger partial charge >= 0.3 is 0 Å². The molecule has 1 heterocycles. The van der Waals surface area contributed by atoms with Gasteiger partial charge in [0.15, 0.2) is 0 Å². The van der Waals surface area contributed by atoms with Crippen LogP contribution in [0.15, 0.2) is 53.4 Å². The molecule has 29 heavy (non-hydrogen) atoms. The largest absolute Gasteiger partial charge is 0.349 e. The minimum absolute atomic E-state index is 0.00512. The Kier molecular flexibility index (Phi) is 5.69. The van der Waals surface area contributed by atoms with Crippen molar-refractivity contribution >= 4 is 15.9 Å². The number of hydrogen-bond acceptors (Lipinski definition) is 3. The summed E-state index contributed by atoms with van der Waals surface area (Å²) in [7, 11) is -3.66. The van der Waals surface area contributed by atoms with E-state index in [9.17, 15) is 17.6 Å². The third kappa shape index (κ3) is 4.21. The first-order valence-electron chi connectivity index (χ1n) is 10.1. The first-order valence-corrected chi connectivity index (χ1v) is 11.5. The summed E-state index contributed by atoms with van der Waals surface area (Å²) in [4.78, 5) is 12.9. The molecule has 2 aliphatic rings. The molecule has 0 unspecified atom stereocenters. The van der Waals surface area contributed by atoms with Gasteiger partial charge in [0.05, 0.1) is 10.9 Å². The summed E-state index contributed by atoms with van der Waals surface area (Å²) in [6.07, 6.45) is 4.00. The third-order valence-electron chi connectivity index (χ3n) is 5.96. The summed E-state index contributed by atoms with van der Waals surface area (Å²) >= 11 is 0. The number of hydrogen-bond donors (Lipinski definition) is 1. The quantitative estimate of drug-likeness (QED) is 0.831. The molecule has 0 aromatic heterocycles. The zero-order chi connectivity index (χ0) is 20.4. The number of piperidine rings is 1. The van der Waals surface area contributed by atoms with E-state index in [1.165, 1.54) is 27.6 Å². The SMILES string of the molecule is O=C(N[C@@H]1CCCc2ccccc21)C1CCN(S(=O)(=O)c2ccc(F)cc2)CC1. The fourth-order valence-electron chi connectivity index (χ4n) is 4.31. The van der Waals surface area contributed by atoms with E-state index < -0.39 is 15.8 Å². The number of nitrogens with one attached hydrogen (secondary N) is 1. The smallest absolute Gasteiger partial charge is 0.243 e. The Morgan fingerprint density at radius 1 is 1.00 bits per heavy atom. The topological polar surface area (TPSA) is 66.5 Å². The Balaban J connectivity index is 1.37. The van der Waals surface area contributed by atoms with Crippen molar-refractivity contribution in [2.24, 2.45) is 5.92 Å². The maximum atomic E-state index is 13.1. The van der Waals surface area contributed by atoms with E-state index in [4.69, 9.17) is 0 Å². The predicted octanol–water partition coefficient (Wildman–Crippen LogP) is 3.42. The van der Waals surface area contributed by atoms with Crippen molar-refractivity contribution in [3.63, 3.8) is 0 Å². The van der Waals surface area contributed by atoms with Gasteiger partial charge < -0.3 is 5.32 Å². The van der Waals surface area contributed by atoms with Gasteiger partial charge in [0.25, 0.3) is 0 Å². The van der Waals surface area contributed by atoms with Crippen LogP contribution in [0.5, 0.6) is 0 Å². The highest BCUT2D eigenvalue weighted by Gasteiger charge is 2.33. The van der Waals surface area contributed by atoms with Gasteiger partial charge in [0.1, 0.15) is 5.82 Å². The molecule has 0 saturated carbocycles. The van der Waals surface area contributed by atoms with Gasteiger partial charge in [0.2, 0.25) is 15.9 Å². The fraction of sp³-hybridized carbons (Fsp3) is 0.409. The van der Waals surface area contributed by atoms with Gasteiger partial charge in [0, 0.05) is 19.0 Å². The van der Waals surface area contributed by atoms with Crippen LogP contribution in [0.4, 0.5) is 4.39 Å². The number of rotatable bonds is 4. The molecule has 1 amide bonds. The zero-order valence-corrected chi connectivity index (χ0v) is 17.0. The zero-order valence-electron chi connectivity index (χ0n) is 16.2. The first kappa shape index (κ1) is 20.0. The lowest BCUT2D eigenvalue weighted by atomic mass is 9.87. The molecule has 1 aliphatic carbocycles. The molecular weight excluding hydrogens is 391 g/mol. The third-order valence-corrected chi connectivity index (χ3v) is 7.87. The number of amides is 1. The van der Waals surface area contributed by atoms with Crippen LogP contribution in [0.2, 0.25) is 0 Å². The number of sulfonamides is 1. The Hall–Kier alpha value is -2.25. The second-order valence-corrected chi connectivity index (χ2v) is 9.72. The number of benzene rings is 2. The number of nitrogens with zero attached hydrogens (tertiary/aromatic N) is 1. The molecule has 1 aliphatic heterocycles. The van der Waals surface area contributed by atoms with E-state index in [1.54, 1.807) is 0 Å². The summed E-state index contributed by atoms with van der Waals surface area (Å²) in [5.41, 5.74) is 2.49. The van der Waals surface area contributed by atoms with Crippen molar-refractivity contribution in [1.29, 1.82) is 0 Å². The normalized spacial score (nSPS) is 20.8. The molecule has 4 rings (SSSR count). The summed E-state index contributed by atoms with van der Waals surface area (Å²) in [5.74, 6) is -0.655. The van der Waals surface area contributed by atoms with Crippen molar-refractivity contribution in [1.82, 2.24) is 9.62 Å². The van der Waals surface area contributed by atoms with Crippen LogP contribution in [-0.2, 0) is 21.2 Å². The fourth-order valence-corrected chi connectivity index (χ4v) is 5.78. The summed E-state index contributed by atoms with van der Waals surface area (Å²) in [5, 5.41) is 3.19. The lowest BCUT2D eigenvalue weighted by molar-refractivity contribution is -0.127. The maximum absolute atomic E-state index is 13.1. The monoisotopic (exact) mass is 416 g/mol. The average molecular weight is 417 g/mol. The Labute approximate surface area is 171 Å². The second kappa shape index (κ2) is 8.24.